The Morgan fingerprint density at radius 2 is 2.22 bits per heavy atom. The van der Waals surface area contributed by atoms with E-state index in [1.807, 2.05) is 19.2 Å². The predicted octanol–water partition coefficient (Wildman–Crippen LogP) is 1.45. The Morgan fingerprint density at radius 1 is 1.44 bits per heavy atom. The molecule has 2 amide bonds. The van der Waals surface area contributed by atoms with Gasteiger partial charge in [0.2, 0.25) is 5.91 Å². The molecule has 1 aromatic carbocycles. The van der Waals surface area contributed by atoms with Gasteiger partial charge >= 0.3 is 6.09 Å². The first-order valence-corrected chi connectivity index (χ1v) is 5.84. The number of carbonyl (C=O) groups is 2. The van der Waals surface area contributed by atoms with Crippen LogP contribution in [0.4, 0.5) is 10.5 Å². The Balaban J connectivity index is 2.38. The summed E-state index contributed by atoms with van der Waals surface area (Å²) >= 11 is 0. The van der Waals surface area contributed by atoms with E-state index in [0.29, 0.717) is 18.5 Å². The van der Waals surface area contributed by atoms with Crippen LogP contribution in [0.25, 0.3) is 0 Å². The van der Waals surface area contributed by atoms with Gasteiger partial charge in [-0.15, -0.1) is 0 Å². The van der Waals surface area contributed by atoms with E-state index < -0.39 is 6.09 Å². The van der Waals surface area contributed by atoms with E-state index in [-0.39, 0.29) is 5.91 Å². The molecule has 5 nitrogen and oxygen atoms in total. The van der Waals surface area contributed by atoms with Gasteiger partial charge in [0.05, 0.1) is 12.8 Å². The minimum Gasteiger partial charge on any atom is -0.452 e. The van der Waals surface area contributed by atoms with Crippen LogP contribution in [0, 0.1) is 0 Å². The SMILES string of the molecule is CNCc1ccc2c(c1)CCC(=O)N2C(=O)OC. The molecular formula is C13H16N2O3. The fourth-order valence-electron chi connectivity index (χ4n) is 2.15. The van der Waals surface area contributed by atoms with Gasteiger partial charge in [0, 0.05) is 13.0 Å². The van der Waals surface area contributed by atoms with Gasteiger partial charge in [0.1, 0.15) is 0 Å². The molecule has 0 fully saturated rings. The Kier molecular flexibility index (Phi) is 3.62. The van der Waals surface area contributed by atoms with Crippen molar-refractivity contribution in [1.82, 2.24) is 5.32 Å². The molecule has 0 radical (unpaired) electrons. The lowest BCUT2D eigenvalue weighted by Crippen LogP contribution is -2.40. The molecule has 1 N–H and O–H groups in total. The second-order valence-electron chi connectivity index (χ2n) is 4.19. The quantitative estimate of drug-likeness (QED) is 0.860. The third-order valence-corrected chi connectivity index (χ3v) is 2.98. The van der Waals surface area contributed by atoms with Crippen molar-refractivity contribution in [3.05, 3.63) is 29.3 Å². The van der Waals surface area contributed by atoms with E-state index >= 15 is 0 Å². The van der Waals surface area contributed by atoms with Gasteiger partial charge < -0.3 is 10.1 Å². The van der Waals surface area contributed by atoms with Crippen molar-refractivity contribution >= 4 is 17.7 Å². The van der Waals surface area contributed by atoms with Crippen LogP contribution in [0.2, 0.25) is 0 Å². The van der Waals surface area contributed by atoms with Gasteiger partial charge in [-0.2, -0.15) is 0 Å². The molecule has 1 aliphatic rings. The molecule has 0 saturated heterocycles. The number of ether oxygens (including phenoxy) is 1. The lowest BCUT2D eigenvalue weighted by atomic mass is 9.99. The molecule has 0 atom stereocenters. The summed E-state index contributed by atoms with van der Waals surface area (Å²) in [6.45, 7) is 0.763. The average Bonchev–Trinajstić information content (AvgIpc) is 2.38. The number of nitrogens with one attached hydrogen (secondary N) is 1. The van der Waals surface area contributed by atoms with Crippen LogP contribution in [0.1, 0.15) is 17.5 Å². The minimum absolute atomic E-state index is 0.212. The Morgan fingerprint density at radius 3 is 2.89 bits per heavy atom. The average molecular weight is 248 g/mol. The molecular weight excluding hydrogens is 232 g/mol. The Labute approximate surface area is 106 Å². The van der Waals surface area contributed by atoms with Crippen LogP contribution in [0.15, 0.2) is 18.2 Å². The van der Waals surface area contributed by atoms with Crippen LogP contribution in [-0.2, 0) is 22.5 Å². The standard InChI is InChI=1S/C13H16N2O3/c1-14-8-9-3-5-11-10(7-9)4-6-12(16)15(11)13(17)18-2/h3,5,7,14H,4,6,8H2,1-2H3. The van der Waals surface area contributed by atoms with Crippen molar-refractivity contribution < 1.29 is 14.3 Å². The van der Waals surface area contributed by atoms with Crippen LogP contribution in [0.3, 0.4) is 0 Å². The first-order chi connectivity index (χ1) is 8.67. The van der Waals surface area contributed by atoms with E-state index in [1.165, 1.54) is 7.11 Å². The topological polar surface area (TPSA) is 58.6 Å². The summed E-state index contributed by atoms with van der Waals surface area (Å²) in [5.41, 5.74) is 2.78. The molecule has 1 aromatic rings. The van der Waals surface area contributed by atoms with Crippen molar-refractivity contribution in [2.75, 3.05) is 19.1 Å². The number of hydrogen-bond donors (Lipinski definition) is 1. The molecule has 18 heavy (non-hydrogen) atoms. The summed E-state index contributed by atoms with van der Waals surface area (Å²) in [7, 11) is 3.16. The highest BCUT2D eigenvalue weighted by Gasteiger charge is 2.30. The van der Waals surface area contributed by atoms with Crippen molar-refractivity contribution in [2.45, 2.75) is 19.4 Å². The molecule has 0 spiro atoms. The Hall–Kier alpha value is -1.88. The van der Waals surface area contributed by atoms with Crippen LogP contribution in [0.5, 0.6) is 0 Å². The van der Waals surface area contributed by atoms with E-state index in [9.17, 15) is 9.59 Å². The highest BCUT2D eigenvalue weighted by Crippen LogP contribution is 2.29. The molecule has 0 saturated carbocycles. The number of benzene rings is 1. The second kappa shape index (κ2) is 5.18. The van der Waals surface area contributed by atoms with Gasteiger partial charge in [-0.25, -0.2) is 9.69 Å². The Bertz CT molecular complexity index is 485. The summed E-state index contributed by atoms with van der Waals surface area (Å²) in [5, 5.41) is 3.07. The van der Waals surface area contributed by atoms with Gasteiger partial charge in [-0.1, -0.05) is 12.1 Å². The van der Waals surface area contributed by atoms with Crippen LogP contribution < -0.4 is 10.2 Å². The fourth-order valence-corrected chi connectivity index (χ4v) is 2.15. The summed E-state index contributed by atoms with van der Waals surface area (Å²) < 4.78 is 4.65. The minimum atomic E-state index is -0.623. The summed E-state index contributed by atoms with van der Waals surface area (Å²) in [5.74, 6) is -0.212. The molecule has 0 aromatic heterocycles. The van der Waals surface area contributed by atoms with E-state index in [0.717, 1.165) is 22.6 Å². The van der Waals surface area contributed by atoms with E-state index in [1.54, 1.807) is 6.07 Å². The largest absolute Gasteiger partial charge is 0.452 e. The van der Waals surface area contributed by atoms with Crippen LogP contribution >= 0.6 is 0 Å². The number of fused-ring (bicyclic) bond motifs is 1. The number of anilines is 1. The van der Waals surface area contributed by atoms with E-state index in [4.69, 9.17) is 0 Å². The number of carbonyl (C=O) groups excluding carboxylic acids is 2. The maximum Gasteiger partial charge on any atom is 0.420 e. The number of aryl methyl sites for hydroxylation is 1. The third-order valence-electron chi connectivity index (χ3n) is 2.98. The van der Waals surface area contributed by atoms with Crippen molar-refractivity contribution in [1.29, 1.82) is 0 Å². The first kappa shape index (κ1) is 12.6. The van der Waals surface area contributed by atoms with Crippen molar-refractivity contribution in [3.63, 3.8) is 0 Å². The molecule has 1 heterocycles. The zero-order valence-electron chi connectivity index (χ0n) is 10.5. The molecule has 0 unspecified atom stereocenters. The highest BCUT2D eigenvalue weighted by atomic mass is 16.5. The maximum absolute atomic E-state index is 11.8. The number of imide groups is 1. The zero-order chi connectivity index (χ0) is 13.1. The molecule has 0 aliphatic carbocycles. The highest BCUT2D eigenvalue weighted by molar-refractivity contribution is 6.13. The van der Waals surface area contributed by atoms with Gasteiger partial charge in [0.25, 0.3) is 0 Å². The molecule has 5 heteroatoms. The summed E-state index contributed by atoms with van der Waals surface area (Å²) in [6.07, 6.45) is 0.381. The number of hydrogen-bond acceptors (Lipinski definition) is 4. The smallest absolute Gasteiger partial charge is 0.420 e. The van der Waals surface area contributed by atoms with Crippen molar-refractivity contribution in [2.24, 2.45) is 0 Å². The number of rotatable bonds is 2. The molecule has 1 aliphatic heterocycles. The molecule has 0 bridgehead atoms. The van der Waals surface area contributed by atoms with Gasteiger partial charge in [-0.3, -0.25) is 4.79 Å². The fraction of sp³-hybridized carbons (Fsp3) is 0.385. The number of nitrogens with zero attached hydrogens (tertiary/aromatic N) is 1. The second-order valence-corrected chi connectivity index (χ2v) is 4.19. The summed E-state index contributed by atoms with van der Waals surface area (Å²) in [4.78, 5) is 24.5. The monoisotopic (exact) mass is 248 g/mol. The molecule has 2 rings (SSSR count). The number of methoxy groups -OCH3 is 1. The predicted molar refractivity (Wildman–Crippen MR) is 67.4 cm³/mol. The normalized spacial score (nSPS) is 14.3. The lowest BCUT2D eigenvalue weighted by Gasteiger charge is -2.26. The zero-order valence-corrected chi connectivity index (χ0v) is 10.5. The van der Waals surface area contributed by atoms with Gasteiger partial charge in [-0.05, 0) is 30.7 Å². The summed E-state index contributed by atoms with van der Waals surface area (Å²) in [6, 6.07) is 5.73. The third kappa shape index (κ3) is 2.22. The van der Waals surface area contributed by atoms with Crippen molar-refractivity contribution in [3.8, 4) is 0 Å². The van der Waals surface area contributed by atoms with Crippen LogP contribution in [-0.4, -0.2) is 26.2 Å². The van der Waals surface area contributed by atoms with E-state index in [2.05, 4.69) is 10.1 Å². The van der Waals surface area contributed by atoms with Gasteiger partial charge in [0.15, 0.2) is 0 Å². The number of amides is 2. The first-order valence-electron chi connectivity index (χ1n) is 5.84. The maximum atomic E-state index is 11.8. The lowest BCUT2D eigenvalue weighted by molar-refractivity contribution is -0.118. The molecule has 96 valence electrons.